The van der Waals surface area contributed by atoms with E-state index in [0.717, 1.165) is 31.6 Å². The van der Waals surface area contributed by atoms with Gasteiger partial charge >= 0.3 is 0 Å². The Kier molecular flexibility index (Phi) is 4.98. The fraction of sp³-hybridized carbons (Fsp3) is 0.381. The number of nitrogens with zero attached hydrogens (tertiary/aromatic N) is 2. The second kappa shape index (κ2) is 7.18. The molecule has 1 unspecified atom stereocenters. The van der Waals surface area contributed by atoms with Crippen molar-refractivity contribution >= 4 is 5.96 Å². The Labute approximate surface area is 150 Å². The van der Waals surface area contributed by atoms with Gasteiger partial charge in [0.25, 0.3) is 0 Å². The topological polar surface area (TPSA) is 50.9 Å². The molecular weight excluding hydrogens is 310 g/mol. The van der Waals surface area contributed by atoms with Crippen molar-refractivity contribution in [2.75, 3.05) is 20.7 Å². The molecule has 0 bridgehead atoms. The Morgan fingerprint density at radius 2 is 1.88 bits per heavy atom. The van der Waals surface area contributed by atoms with Gasteiger partial charge < -0.3 is 15.4 Å². The lowest BCUT2D eigenvalue weighted by Crippen LogP contribution is -2.45. The van der Waals surface area contributed by atoms with Gasteiger partial charge in [-0.25, -0.2) is 4.99 Å². The molecule has 0 amide bonds. The summed E-state index contributed by atoms with van der Waals surface area (Å²) in [5.74, 6) is 1.53. The predicted octanol–water partition coefficient (Wildman–Crippen LogP) is 3.70. The standard InChI is InChI=1S/C21H27N3O/c1-21(12-13-24(2)20(22)23-21)11-10-16-6-4-7-17(14-16)18-8-5-9-19(15-18)25-3/h4-9,14-15H,10-13H2,1-3H3,(H2,22,23). The van der Waals surface area contributed by atoms with E-state index in [2.05, 4.69) is 43.3 Å². The van der Waals surface area contributed by atoms with Crippen LogP contribution in [-0.2, 0) is 6.42 Å². The van der Waals surface area contributed by atoms with Gasteiger partial charge in [0.2, 0.25) is 0 Å². The number of rotatable bonds is 5. The molecule has 4 heteroatoms. The van der Waals surface area contributed by atoms with Gasteiger partial charge in [0.1, 0.15) is 5.75 Å². The van der Waals surface area contributed by atoms with Crippen LogP contribution in [0.5, 0.6) is 5.75 Å². The molecule has 25 heavy (non-hydrogen) atoms. The molecule has 2 aromatic rings. The first-order valence-electron chi connectivity index (χ1n) is 8.79. The van der Waals surface area contributed by atoms with Crippen LogP contribution in [0.2, 0.25) is 0 Å². The average molecular weight is 337 g/mol. The van der Waals surface area contributed by atoms with Crippen molar-refractivity contribution in [3.8, 4) is 16.9 Å². The summed E-state index contributed by atoms with van der Waals surface area (Å²) >= 11 is 0. The smallest absolute Gasteiger partial charge is 0.191 e. The van der Waals surface area contributed by atoms with Crippen LogP contribution in [0.1, 0.15) is 25.3 Å². The Bertz CT molecular complexity index is 771. The van der Waals surface area contributed by atoms with E-state index < -0.39 is 0 Å². The maximum absolute atomic E-state index is 6.01. The van der Waals surface area contributed by atoms with Gasteiger partial charge in [-0.05, 0) is 55.0 Å². The predicted molar refractivity (Wildman–Crippen MR) is 104 cm³/mol. The fourth-order valence-electron chi connectivity index (χ4n) is 3.24. The number of guanidine groups is 1. The minimum atomic E-state index is -0.0669. The molecule has 0 fully saturated rings. The molecule has 0 saturated carbocycles. The van der Waals surface area contributed by atoms with Crippen LogP contribution in [0.4, 0.5) is 0 Å². The van der Waals surface area contributed by atoms with E-state index in [1.54, 1.807) is 7.11 Å². The lowest BCUT2D eigenvalue weighted by Gasteiger charge is -2.34. The van der Waals surface area contributed by atoms with Gasteiger partial charge in [-0.2, -0.15) is 0 Å². The molecule has 132 valence electrons. The molecule has 1 heterocycles. The van der Waals surface area contributed by atoms with Crippen LogP contribution < -0.4 is 10.5 Å². The van der Waals surface area contributed by atoms with Crippen LogP contribution in [-0.4, -0.2) is 37.1 Å². The molecule has 0 radical (unpaired) electrons. The normalized spacial score (nSPS) is 20.3. The molecule has 0 saturated heterocycles. The molecule has 1 atom stereocenters. The highest BCUT2D eigenvalue weighted by Gasteiger charge is 2.28. The van der Waals surface area contributed by atoms with Crippen LogP contribution in [0, 0.1) is 0 Å². The number of aliphatic imine (C=N–C) groups is 1. The van der Waals surface area contributed by atoms with Crippen LogP contribution in [0.25, 0.3) is 11.1 Å². The highest BCUT2D eigenvalue weighted by Crippen LogP contribution is 2.28. The summed E-state index contributed by atoms with van der Waals surface area (Å²) in [6.45, 7) is 3.18. The third kappa shape index (κ3) is 4.13. The molecule has 4 nitrogen and oxygen atoms in total. The summed E-state index contributed by atoms with van der Waals surface area (Å²) in [5.41, 5.74) is 9.67. The second-order valence-corrected chi connectivity index (χ2v) is 7.07. The quantitative estimate of drug-likeness (QED) is 0.905. The summed E-state index contributed by atoms with van der Waals surface area (Å²) in [4.78, 5) is 6.74. The van der Waals surface area contributed by atoms with Gasteiger partial charge in [-0.3, -0.25) is 0 Å². The molecule has 1 aliphatic rings. The summed E-state index contributed by atoms with van der Waals surface area (Å²) in [5, 5.41) is 0. The van der Waals surface area contributed by atoms with Crippen molar-refractivity contribution in [1.29, 1.82) is 0 Å². The maximum Gasteiger partial charge on any atom is 0.191 e. The summed E-state index contributed by atoms with van der Waals surface area (Å²) in [7, 11) is 3.69. The Morgan fingerprint density at radius 3 is 2.60 bits per heavy atom. The third-order valence-corrected chi connectivity index (χ3v) is 5.04. The fourth-order valence-corrected chi connectivity index (χ4v) is 3.24. The SMILES string of the molecule is COc1cccc(-c2cccc(CCC3(C)CCN(C)C(N)=N3)c2)c1. The first-order chi connectivity index (χ1) is 12.0. The van der Waals surface area contributed by atoms with Crippen molar-refractivity contribution in [3.63, 3.8) is 0 Å². The lowest BCUT2D eigenvalue weighted by atomic mass is 9.89. The van der Waals surface area contributed by atoms with Crippen molar-refractivity contribution < 1.29 is 4.74 Å². The summed E-state index contributed by atoms with van der Waals surface area (Å²) < 4.78 is 5.33. The molecular formula is C21H27N3O. The Balaban J connectivity index is 1.74. The van der Waals surface area contributed by atoms with Gasteiger partial charge in [-0.15, -0.1) is 0 Å². The third-order valence-electron chi connectivity index (χ3n) is 5.04. The van der Waals surface area contributed by atoms with Crippen molar-refractivity contribution in [1.82, 2.24) is 4.90 Å². The van der Waals surface area contributed by atoms with E-state index in [9.17, 15) is 0 Å². The molecule has 0 spiro atoms. The highest BCUT2D eigenvalue weighted by atomic mass is 16.5. The van der Waals surface area contributed by atoms with Gasteiger partial charge in [0.05, 0.1) is 12.6 Å². The van der Waals surface area contributed by atoms with Gasteiger partial charge in [-0.1, -0.05) is 36.4 Å². The van der Waals surface area contributed by atoms with Crippen LogP contribution in [0.3, 0.4) is 0 Å². The zero-order chi connectivity index (χ0) is 17.9. The number of methoxy groups -OCH3 is 1. The average Bonchev–Trinajstić information content (AvgIpc) is 2.64. The van der Waals surface area contributed by atoms with Gasteiger partial charge in [0, 0.05) is 13.6 Å². The number of hydrogen-bond acceptors (Lipinski definition) is 4. The molecule has 2 N–H and O–H groups in total. The molecule has 0 aromatic heterocycles. The zero-order valence-electron chi connectivity index (χ0n) is 15.3. The number of aryl methyl sites for hydroxylation is 1. The van der Waals surface area contributed by atoms with Crippen LogP contribution in [0.15, 0.2) is 53.5 Å². The Hall–Kier alpha value is -2.49. The number of ether oxygens (including phenoxy) is 1. The molecule has 2 aromatic carbocycles. The van der Waals surface area contributed by atoms with E-state index in [4.69, 9.17) is 15.5 Å². The highest BCUT2D eigenvalue weighted by molar-refractivity contribution is 5.78. The van der Waals surface area contributed by atoms with Crippen molar-refractivity contribution in [2.45, 2.75) is 31.7 Å². The molecule has 0 aliphatic carbocycles. The number of hydrogen-bond donors (Lipinski definition) is 1. The first kappa shape index (κ1) is 17.3. The van der Waals surface area contributed by atoms with E-state index in [1.165, 1.54) is 16.7 Å². The summed E-state index contributed by atoms with van der Waals surface area (Å²) in [6, 6.07) is 16.9. The van der Waals surface area contributed by atoms with E-state index >= 15 is 0 Å². The van der Waals surface area contributed by atoms with Gasteiger partial charge in [0.15, 0.2) is 5.96 Å². The monoisotopic (exact) mass is 337 g/mol. The minimum absolute atomic E-state index is 0.0669. The zero-order valence-corrected chi connectivity index (χ0v) is 15.3. The number of benzene rings is 2. The van der Waals surface area contributed by atoms with E-state index in [1.807, 2.05) is 24.1 Å². The first-order valence-corrected chi connectivity index (χ1v) is 8.79. The van der Waals surface area contributed by atoms with E-state index in [0.29, 0.717) is 5.96 Å². The van der Waals surface area contributed by atoms with Crippen molar-refractivity contribution in [2.24, 2.45) is 10.7 Å². The number of nitrogens with two attached hydrogens (primary N) is 1. The maximum atomic E-state index is 6.01. The second-order valence-electron chi connectivity index (χ2n) is 7.07. The largest absolute Gasteiger partial charge is 0.497 e. The van der Waals surface area contributed by atoms with Crippen LogP contribution >= 0.6 is 0 Å². The Morgan fingerprint density at radius 1 is 1.16 bits per heavy atom. The van der Waals surface area contributed by atoms with Crippen molar-refractivity contribution in [3.05, 3.63) is 54.1 Å². The lowest BCUT2D eigenvalue weighted by molar-refractivity contribution is 0.317. The van der Waals surface area contributed by atoms with E-state index in [-0.39, 0.29) is 5.54 Å². The molecule has 1 aliphatic heterocycles. The summed E-state index contributed by atoms with van der Waals surface area (Å²) in [6.07, 6.45) is 3.04. The minimum Gasteiger partial charge on any atom is -0.497 e. The molecule has 3 rings (SSSR count).